The molecule has 0 atom stereocenters. The van der Waals surface area contributed by atoms with E-state index in [-0.39, 0.29) is 0 Å². The third-order valence-corrected chi connectivity index (χ3v) is 3.22. The largest absolute Gasteiger partial charge is 0.340 e. The van der Waals surface area contributed by atoms with Gasteiger partial charge in [0.15, 0.2) is 0 Å². The summed E-state index contributed by atoms with van der Waals surface area (Å²) in [5, 5.41) is 0. The van der Waals surface area contributed by atoms with E-state index in [4.69, 9.17) is 0 Å². The van der Waals surface area contributed by atoms with Gasteiger partial charge in [-0.2, -0.15) is 0 Å². The molecule has 1 aromatic heterocycles. The van der Waals surface area contributed by atoms with Gasteiger partial charge in [0.05, 0.1) is 4.47 Å². The summed E-state index contributed by atoms with van der Waals surface area (Å²) in [5.74, 6) is 0.719. The highest BCUT2D eigenvalue weighted by molar-refractivity contribution is 9.10. The van der Waals surface area contributed by atoms with Crippen LogP contribution in [0.5, 0.6) is 0 Å². The second-order valence-corrected chi connectivity index (χ2v) is 5.52. The normalized spacial score (nSPS) is 10.3. The Morgan fingerprint density at radius 2 is 1.59 bits per heavy atom. The lowest BCUT2D eigenvalue weighted by Crippen LogP contribution is -2.18. The van der Waals surface area contributed by atoms with E-state index in [1.165, 1.54) is 5.56 Å². The zero-order chi connectivity index (χ0) is 12.3. The Morgan fingerprint density at radius 1 is 1.00 bits per heavy atom. The van der Waals surface area contributed by atoms with Crippen LogP contribution < -0.4 is 4.90 Å². The summed E-state index contributed by atoms with van der Waals surface area (Å²) in [6, 6.07) is 8.23. The molecule has 1 aromatic carbocycles. The first-order valence-corrected chi connectivity index (χ1v) is 6.67. The first-order valence-electron chi connectivity index (χ1n) is 5.08. The van der Waals surface area contributed by atoms with Crippen LogP contribution in [0.15, 0.2) is 45.6 Å². The van der Waals surface area contributed by atoms with E-state index < -0.39 is 0 Å². The van der Waals surface area contributed by atoms with Gasteiger partial charge in [0.2, 0.25) is 5.95 Å². The smallest absolute Gasteiger partial charge is 0.225 e. The first-order chi connectivity index (χ1) is 8.15. The van der Waals surface area contributed by atoms with Crippen molar-refractivity contribution in [1.29, 1.82) is 0 Å². The zero-order valence-corrected chi connectivity index (χ0v) is 12.4. The van der Waals surface area contributed by atoms with Crippen molar-refractivity contribution in [2.45, 2.75) is 6.54 Å². The van der Waals surface area contributed by atoms with Crippen molar-refractivity contribution in [3.8, 4) is 0 Å². The number of halogens is 2. The molecule has 0 aliphatic carbocycles. The molecule has 0 saturated heterocycles. The Hall–Kier alpha value is -0.940. The summed E-state index contributed by atoms with van der Waals surface area (Å²) in [4.78, 5) is 10.5. The van der Waals surface area contributed by atoms with Gasteiger partial charge < -0.3 is 4.90 Å². The van der Waals surface area contributed by atoms with Crippen LogP contribution in [-0.4, -0.2) is 17.0 Å². The Bertz CT molecular complexity index is 482. The number of nitrogens with zero attached hydrogens (tertiary/aromatic N) is 3. The van der Waals surface area contributed by atoms with E-state index in [9.17, 15) is 0 Å². The average molecular weight is 357 g/mol. The molecule has 2 aromatic rings. The van der Waals surface area contributed by atoms with Gasteiger partial charge in [-0.15, -0.1) is 0 Å². The summed E-state index contributed by atoms with van der Waals surface area (Å²) in [6.07, 6.45) is 3.50. The highest BCUT2D eigenvalue weighted by Crippen LogP contribution is 2.15. The Labute approximate surface area is 117 Å². The van der Waals surface area contributed by atoms with Gasteiger partial charge in [0.25, 0.3) is 0 Å². The van der Waals surface area contributed by atoms with Crippen LogP contribution in [0.4, 0.5) is 5.95 Å². The minimum atomic E-state index is 0.719. The lowest BCUT2D eigenvalue weighted by atomic mass is 10.2. The SMILES string of the molecule is CN(Cc1ccc(Br)cc1)c1ncc(Br)cn1. The average Bonchev–Trinajstić information content (AvgIpc) is 2.33. The number of anilines is 1. The van der Waals surface area contributed by atoms with Crippen molar-refractivity contribution in [2.24, 2.45) is 0 Å². The Kier molecular flexibility index (Phi) is 4.12. The molecule has 0 aliphatic heterocycles. The van der Waals surface area contributed by atoms with Crippen molar-refractivity contribution in [3.05, 3.63) is 51.2 Å². The second kappa shape index (κ2) is 5.60. The van der Waals surface area contributed by atoms with E-state index in [2.05, 4.69) is 54.0 Å². The molecule has 0 aliphatic rings. The van der Waals surface area contributed by atoms with E-state index in [0.717, 1.165) is 21.4 Å². The van der Waals surface area contributed by atoms with Crippen LogP contribution in [0.3, 0.4) is 0 Å². The number of aromatic nitrogens is 2. The van der Waals surface area contributed by atoms with Gasteiger partial charge in [0.1, 0.15) is 0 Å². The van der Waals surface area contributed by atoms with Crippen LogP contribution in [0, 0.1) is 0 Å². The summed E-state index contributed by atoms with van der Waals surface area (Å²) in [5.41, 5.74) is 1.22. The molecule has 0 spiro atoms. The van der Waals surface area contributed by atoms with Gasteiger partial charge in [0, 0.05) is 30.5 Å². The molecule has 3 nitrogen and oxygen atoms in total. The van der Waals surface area contributed by atoms with Crippen LogP contribution in [0.2, 0.25) is 0 Å². The number of rotatable bonds is 3. The van der Waals surface area contributed by atoms with Gasteiger partial charge in [-0.25, -0.2) is 9.97 Å². The van der Waals surface area contributed by atoms with Gasteiger partial charge >= 0.3 is 0 Å². The molecule has 88 valence electrons. The summed E-state index contributed by atoms with van der Waals surface area (Å²) >= 11 is 6.74. The molecular weight excluding hydrogens is 346 g/mol. The third kappa shape index (κ3) is 3.51. The molecule has 17 heavy (non-hydrogen) atoms. The van der Waals surface area contributed by atoms with Gasteiger partial charge in [-0.1, -0.05) is 28.1 Å². The number of hydrogen-bond acceptors (Lipinski definition) is 3. The first kappa shape index (κ1) is 12.5. The number of benzene rings is 1. The van der Waals surface area contributed by atoms with Crippen LogP contribution in [-0.2, 0) is 6.54 Å². The van der Waals surface area contributed by atoms with E-state index >= 15 is 0 Å². The molecule has 0 fully saturated rings. The molecule has 0 saturated carbocycles. The summed E-state index contributed by atoms with van der Waals surface area (Å²) in [6.45, 7) is 0.787. The second-order valence-electron chi connectivity index (χ2n) is 3.68. The van der Waals surface area contributed by atoms with Crippen LogP contribution in [0.25, 0.3) is 0 Å². The molecule has 5 heteroatoms. The predicted molar refractivity (Wildman–Crippen MR) is 76.0 cm³/mol. The minimum Gasteiger partial charge on any atom is -0.340 e. The third-order valence-electron chi connectivity index (χ3n) is 2.28. The lowest BCUT2D eigenvalue weighted by Gasteiger charge is -2.16. The molecule has 0 radical (unpaired) electrons. The van der Waals surface area contributed by atoms with E-state index in [1.807, 2.05) is 24.1 Å². The summed E-state index contributed by atoms with van der Waals surface area (Å²) in [7, 11) is 1.98. The maximum Gasteiger partial charge on any atom is 0.225 e. The molecule has 2 rings (SSSR count). The molecule has 1 heterocycles. The van der Waals surface area contributed by atoms with E-state index in [1.54, 1.807) is 12.4 Å². The highest BCUT2D eigenvalue weighted by Gasteiger charge is 2.04. The fourth-order valence-electron chi connectivity index (χ4n) is 1.44. The molecule has 0 bridgehead atoms. The molecular formula is C12H11Br2N3. The van der Waals surface area contributed by atoms with Crippen molar-refractivity contribution in [2.75, 3.05) is 11.9 Å². The van der Waals surface area contributed by atoms with Crippen molar-refractivity contribution < 1.29 is 0 Å². The fourth-order valence-corrected chi connectivity index (χ4v) is 1.91. The molecule has 0 N–H and O–H groups in total. The summed E-state index contributed by atoms with van der Waals surface area (Å²) < 4.78 is 1.97. The molecule has 0 unspecified atom stereocenters. The van der Waals surface area contributed by atoms with Crippen molar-refractivity contribution in [1.82, 2.24) is 9.97 Å². The standard InChI is InChI=1S/C12H11Br2N3/c1-17(12-15-6-11(14)7-16-12)8-9-2-4-10(13)5-3-9/h2-7H,8H2,1H3. The topological polar surface area (TPSA) is 29.0 Å². The van der Waals surface area contributed by atoms with E-state index in [0.29, 0.717) is 0 Å². The fraction of sp³-hybridized carbons (Fsp3) is 0.167. The Balaban J connectivity index is 2.08. The van der Waals surface area contributed by atoms with Crippen molar-refractivity contribution >= 4 is 37.8 Å². The monoisotopic (exact) mass is 355 g/mol. The van der Waals surface area contributed by atoms with Crippen LogP contribution in [0.1, 0.15) is 5.56 Å². The maximum absolute atomic E-state index is 4.25. The zero-order valence-electron chi connectivity index (χ0n) is 9.27. The Morgan fingerprint density at radius 3 is 2.18 bits per heavy atom. The number of hydrogen-bond donors (Lipinski definition) is 0. The van der Waals surface area contributed by atoms with Crippen LogP contribution >= 0.6 is 31.9 Å². The molecule has 0 amide bonds. The predicted octanol–water partition coefficient (Wildman–Crippen LogP) is 3.64. The lowest BCUT2D eigenvalue weighted by molar-refractivity contribution is 0.864. The maximum atomic E-state index is 4.25. The minimum absolute atomic E-state index is 0.719. The van der Waals surface area contributed by atoms with Crippen molar-refractivity contribution in [3.63, 3.8) is 0 Å². The van der Waals surface area contributed by atoms with Gasteiger partial charge in [-0.05, 0) is 33.6 Å². The highest BCUT2D eigenvalue weighted by atomic mass is 79.9. The van der Waals surface area contributed by atoms with Gasteiger partial charge in [-0.3, -0.25) is 0 Å². The quantitative estimate of drug-likeness (QED) is 0.840.